The number of carbonyl (C=O) groups is 1. The number of allylic oxidation sites excluding steroid dienone is 1. The minimum atomic E-state index is -0.721. The number of fused-ring (bicyclic) bond motifs is 1. The SMILES string of the molecule is C[C@@H]1CC[C@@]2(C)C(C(=O)O)=CCC[C@]2(C)[C@H]1CCc1ccoc1. The van der Waals surface area contributed by atoms with Gasteiger partial charge >= 0.3 is 5.97 Å². The van der Waals surface area contributed by atoms with Crippen molar-refractivity contribution in [2.24, 2.45) is 22.7 Å². The zero-order valence-corrected chi connectivity index (χ0v) is 14.5. The summed E-state index contributed by atoms with van der Waals surface area (Å²) in [6.45, 7) is 6.89. The average Bonchev–Trinajstić information content (AvgIpc) is 3.00. The van der Waals surface area contributed by atoms with Crippen molar-refractivity contribution in [3.63, 3.8) is 0 Å². The summed E-state index contributed by atoms with van der Waals surface area (Å²) < 4.78 is 5.19. The molecule has 4 atom stereocenters. The molecule has 0 radical (unpaired) electrons. The number of hydrogen-bond donors (Lipinski definition) is 1. The lowest BCUT2D eigenvalue weighted by atomic mass is 9.45. The Balaban J connectivity index is 1.89. The summed E-state index contributed by atoms with van der Waals surface area (Å²) in [4.78, 5) is 11.8. The van der Waals surface area contributed by atoms with Crippen LogP contribution in [0.25, 0.3) is 0 Å². The van der Waals surface area contributed by atoms with Crippen LogP contribution in [0.5, 0.6) is 0 Å². The molecular weight excluding hydrogens is 288 g/mol. The molecule has 2 aliphatic carbocycles. The van der Waals surface area contributed by atoms with E-state index >= 15 is 0 Å². The molecule has 1 heterocycles. The lowest BCUT2D eigenvalue weighted by molar-refractivity contribution is -0.138. The van der Waals surface area contributed by atoms with Crippen LogP contribution in [0, 0.1) is 22.7 Å². The first-order chi connectivity index (χ1) is 10.9. The van der Waals surface area contributed by atoms with E-state index in [2.05, 4.69) is 20.8 Å². The van der Waals surface area contributed by atoms with Gasteiger partial charge in [0.25, 0.3) is 0 Å². The average molecular weight is 316 g/mol. The van der Waals surface area contributed by atoms with E-state index in [4.69, 9.17) is 4.42 Å². The van der Waals surface area contributed by atoms with Crippen molar-refractivity contribution in [3.05, 3.63) is 35.8 Å². The highest BCUT2D eigenvalue weighted by atomic mass is 16.4. The summed E-state index contributed by atoms with van der Waals surface area (Å²) in [5.74, 6) is 0.480. The second-order valence-corrected chi connectivity index (χ2v) is 8.00. The molecule has 0 bridgehead atoms. The Morgan fingerprint density at radius 3 is 2.83 bits per heavy atom. The maximum absolute atomic E-state index is 11.8. The van der Waals surface area contributed by atoms with E-state index in [0.717, 1.165) is 38.5 Å². The van der Waals surface area contributed by atoms with Crippen molar-refractivity contribution >= 4 is 5.97 Å². The van der Waals surface area contributed by atoms with Crippen molar-refractivity contribution in [3.8, 4) is 0 Å². The molecular formula is C20H28O3. The number of carboxylic acid groups (broad SMARTS) is 1. The van der Waals surface area contributed by atoms with Gasteiger partial charge in [-0.1, -0.05) is 26.8 Å². The molecule has 1 aromatic heterocycles. The quantitative estimate of drug-likeness (QED) is 0.843. The molecule has 1 fully saturated rings. The normalized spacial score (nSPS) is 37.1. The Hall–Kier alpha value is -1.51. The number of aryl methyl sites for hydroxylation is 1. The van der Waals surface area contributed by atoms with Crippen molar-refractivity contribution in [2.75, 3.05) is 0 Å². The van der Waals surface area contributed by atoms with Crippen LogP contribution in [0.1, 0.15) is 58.4 Å². The molecule has 0 spiro atoms. The largest absolute Gasteiger partial charge is 0.478 e. The smallest absolute Gasteiger partial charge is 0.331 e. The van der Waals surface area contributed by atoms with Gasteiger partial charge in [-0.15, -0.1) is 0 Å². The zero-order chi connectivity index (χ0) is 16.7. The Labute approximate surface area is 138 Å². The molecule has 1 aromatic rings. The second-order valence-electron chi connectivity index (χ2n) is 8.00. The fourth-order valence-corrected chi connectivity index (χ4v) is 5.37. The molecule has 3 nitrogen and oxygen atoms in total. The highest BCUT2D eigenvalue weighted by molar-refractivity contribution is 5.88. The fourth-order valence-electron chi connectivity index (χ4n) is 5.37. The summed E-state index contributed by atoms with van der Waals surface area (Å²) >= 11 is 0. The molecule has 3 heteroatoms. The van der Waals surface area contributed by atoms with Crippen LogP contribution in [0.15, 0.2) is 34.7 Å². The van der Waals surface area contributed by atoms with Gasteiger partial charge in [0, 0.05) is 11.0 Å². The lowest BCUT2D eigenvalue weighted by Crippen LogP contribution is -2.53. The third-order valence-electron chi connectivity index (χ3n) is 7.03. The van der Waals surface area contributed by atoms with E-state index < -0.39 is 5.97 Å². The van der Waals surface area contributed by atoms with Gasteiger partial charge in [0.2, 0.25) is 0 Å². The van der Waals surface area contributed by atoms with Gasteiger partial charge < -0.3 is 9.52 Å². The molecule has 2 aliphatic rings. The molecule has 23 heavy (non-hydrogen) atoms. The summed E-state index contributed by atoms with van der Waals surface area (Å²) in [6, 6.07) is 2.04. The van der Waals surface area contributed by atoms with Crippen LogP contribution in [0.4, 0.5) is 0 Å². The van der Waals surface area contributed by atoms with E-state index in [1.165, 1.54) is 5.56 Å². The summed E-state index contributed by atoms with van der Waals surface area (Å²) in [5, 5.41) is 9.71. The van der Waals surface area contributed by atoms with Crippen LogP contribution in [-0.4, -0.2) is 11.1 Å². The number of rotatable bonds is 4. The number of hydrogen-bond acceptors (Lipinski definition) is 2. The van der Waals surface area contributed by atoms with Gasteiger partial charge in [-0.2, -0.15) is 0 Å². The predicted octanol–water partition coefficient (Wildman–Crippen LogP) is 5.08. The summed E-state index contributed by atoms with van der Waals surface area (Å²) in [7, 11) is 0. The maximum Gasteiger partial charge on any atom is 0.331 e. The van der Waals surface area contributed by atoms with Crippen molar-refractivity contribution in [2.45, 2.75) is 59.3 Å². The van der Waals surface area contributed by atoms with Crippen molar-refractivity contribution < 1.29 is 14.3 Å². The van der Waals surface area contributed by atoms with Crippen molar-refractivity contribution in [1.82, 2.24) is 0 Å². The van der Waals surface area contributed by atoms with Gasteiger partial charge in [-0.25, -0.2) is 4.79 Å². The van der Waals surface area contributed by atoms with Crippen LogP contribution >= 0.6 is 0 Å². The Morgan fingerprint density at radius 2 is 2.17 bits per heavy atom. The molecule has 0 amide bonds. The molecule has 0 saturated heterocycles. The minimum Gasteiger partial charge on any atom is -0.478 e. The van der Waals surface area contributed by atoms with Crippen molar-refractivity contribution in [1.29, 1.82) is 0 Å². The monoisotopic (exact) mass is 316 g/mol. The first kappa shape index (κ1) is 16.4. The Kier molecular flexibility index (Phi) is 4.16. The Morgan fingerprint density at radius 1 is 1.39 bits per heavy atom. The van der Waals surface area contributed by atoms with Crippen LogP contribution < -0.4 is 0 Å². The fraction of sp³-hybridized carbons (Fsp3) is 0.650. The van der Waals surface area contributed by atoms with E-state index in [9.17, 15) is 9.90 Å². The van der Waals surface area contributed by atoms with Crippen LogP contribution in [-0.2, 0) is 11.2 Å². The van der Waals surface area contributed by atoms with Gasteiger partial charge in [0.1, 0.15) is 0 Å². The van der Waals surface area contributed by atoms with Gasteiger partial charge in [-0.3, -0.25) is 0 Å². The number of carboxylic acids is 1. The van der Waals surface area contributed by atoms with E-state index in [-0.39, 0.29) is 10.8 Å². The number of furan rings is 1. The molecule has 0 aromatic carbocycles. The van der Waals surface area contributed by atoms with E-state index in [1.807, 2.05) is 18.4 Å². The van der Waals surface area contributed by atoms with Crippen LogP contribution in [0.3, 0.4) is 0 Å². The number of aliphatic carboxylic acids is 1. The van der Waals surface area contributed by atoms with Crippen LogP contribution in [0.2, 0.25) is 0 Å². The second kappa shape index (κ2) is 5.85. The maximum atomic E-state index is 11.8. The first-order valence-corrected chi connectivity index (χ1v) is 8.83. The van der Waals surface area contributed by atoms with E-state index in [1.54, 1.807) is 6.26 Å². The van der Waals surface area contributed by atoms with Gasteiger partial charge in [0.05, 0.1) is 12.5 Å². The van der Waals surface area contributed by atoms with Gasteiger partial charge in [-0.05, 0) is 67.4 Å². The zero-order valence-electron chi connectivity index (χ0n) is 14.5. The van der Waals surface area contributed by atoms with E-state index in [0.29, 0.717) is 17.4 Å². The summed E-state index contributed by atoms with van der Waals surface area (Å²) in [6.07, 6.45) is 11.8. The standard InChI is InChI=1S/C20H28O3/c1-14-8-11-20(3)17(18(21)22)5-4-10-19(20,2)16(14)7-6-15-9-12-23-13-15/h5,9,12-14,16H,4,6-8,10-11H2,1-3H3,(H,21,22)/t14-,16+,19-,20+/m1/s1. The molecule has 0 aliphatic heterocycles. The topological polar surface area (TPSA) is 50.4 Å². The first-order valence-electron chi connectivity index (χ1n) is 8.83. The lowest BCUT2D eigenvalue weighted by Gasteiger charge is -2.59. The molecule has 1 saturated carbocycles. The summed E-state index contributed by atoms with van der Waals surface area (Å²) in [5.41, 5.74) is 1.77. The molecule has 0 unspecified atom stereocenters. The highest BCUT2D eigenvalue weighted by Crippen LogP contribution is 2.63. The molecule has 1 N–H and O–H groups in total. The highest BCUT2D eigenvalue weighted by Gasteiger charge is 2.57. The van der Waals surface area contributed by atoms with Gasteiger partial charge in [0.15, 0.2) is 0 Å². The predicted molar refractivity (Wildman–Crippen MR) is 90.1 cm³/mol. The molecule has 3 rings (SSSR count). The third-order valence-corrected chi connectivity index (χ3v) is 7.03. The Bertz CT molecular complexity index is 600. The molecule has 126 valence electrons. The third kappa shape index (κ3) is 2.54. The minimum absolute atomic E-state index is 0.0663.